The third-order valence-electron chi connectivity index (χ3n) is 4.88. The molecule has 0 aromatic carbocycles. The van der Waals surface area contributed by atoms with E-state index in [2.05, 4.69) is 28.9 Å². The highest BCUT2D eigenvalue weighted by atomic mass is 16.5. The average Bonchev–Trinajstić information content (AvgIpc) is 2.97. The zero-order chi connectivity index (χ0) is 15.6. The van der Waals surface area contributed by atoms with E-state index in [0.717, 1.165) is 52.2 Å². The molecule has 1 amide bonds. The molecular formula is C16H26N4O2. The first-order chi connectivity index (χ1) is 10.6. The normalized spacial score (nSPS) is 27.3. The van der Waals surface area contributed by atoms with Crippen LogP contribution < -0.4 is 0 Å². The molecule has 2 aliphatic heterocycles. The van der Waals surface area contributed by atoms with E-state index in [1.165, 1.54) is 0 Å². The minimum atomic E-state index is 0.0527. The average molecular weight is 306 g/mol. The lowest BCUT2D eigenvalue weighted by Crippen LogP contribution is -2.53. The summed E-state index contributed by atoms with van der Waals surface area (Å²) in [5.74, 6) is 0.0527. The zero-order valence-electron chi connectivity index (χ0n) is 13.5. The molecule has 122 valence electrons. The molecule has 1 spiro atoms. The number of piperidine rings is 1. The Labute approximate surface area is 131 Å². The van der Waals surface area contributed by atoms with Crippen molar-refractivity contribution < 1.29 is 9.53 Å². The molecule has 0 saturated carbocycles. The van der Waals surface area contributed by atoms with Crippen LogP contribution in [0.25, 0.3) is 0 Å². The third-order valence-corrected chi connectivity index (χ3v) is 4.88. The molecule has 1 N–H and O–H groups in total. The molecule has 1 atom stereocenters. The minimum absolute atomic E-state index is 0.0527. The van der Waals surface area contributed by atoms with Crippen LogP contribution in [-0.4, -0.2) is 71.3 Å². The predicted molar refractivity (Wildman–Crippen MR) is 83.7 cm³/mol. The van der Waals surface area contributed by atoms with Gasteiger partial charge in [0.25, 0.3) is 5.91 Å². The van der Waals surface area contributed by atoms with Crippen molar-refractivity contribution >= 4 is 5.91 Å². The lowest BCUT2D eigenvalue weighted by atomic mass is 9.79. The van der Waals surface area contributed by atoms with Gasteiger partial charge in [-0.15, -0.1) is 0 Å². The Balaban J connectivity index is 1.74. The molecule has 1 aromatic rings. The Bertz CT molecular complexity index is 502. The summed E-state index contributed by atoms with van der Waals surface area (Å²) >= 11 is 0. The number of H-pyrrole nitrogens is 1. The van der Waals surface area contributed by atoms with Crippen molar-refractivity contribution in [3.8, 4) is 0 Å². The van der Waals surface area contributed by atoms with Gasteiger partial charge in [0.1, 0.15) is 5.69 Å². The molecule has 6 nitrogen and oxygen atoms in total. The van der Waals surface area contributed by atoms with Gasteiger partial charge < -0.3 is 9.64 Å². The van der Waals surface area contributed by atoms with Crippen molar-refractivity contribution in [3.63, 3.8) is 0 Å². The molecule has 2 fully saturated rings. The van der Waals surface area contributed by atoms with E-state index < -0.39 is 0 Å². The smallest absolute Gasteiger partial charge is 0.271 e. The van der Waals surface area contributed by atoms with E-state index >= 15 is 0 Å². The second-order valence-electron chi connectivity index (χ2n) is 6.92. The Morgan fingerprint density at radius 2 is 2.27 bits per heavy atom. The summed E-state index contributed by atoms with van der Waals surface area (Å²) < 4.78 is 5.89. The Morgan fingerprint density at radius 1 is 1.41 bits per heavy atom. The van der Waals surface area contributed by atoms with Crippen molar-refractivity contribution in [2.24, 2.45) is 5.41 Å². The van der Waals surface area contributed by atoms with Gasteiger partial charge in [-0.05, 0) is 32.8 Å². The van der Waals surface area contributed by atoms with Crippen LogP contribution in [0.3, 0.4) is 0 Å². The number of nitrogens with zero attached hydrogens (tertiary/aromatic N) is 3. The van der Waals surface area contributed by atoms with E-state index in [1.807, 2.05) is 4.90 Å². The lowest BCUT2D eigenvalue weighted by molar-refractivity contribution is 0.00550. The van der Waals surface area contributed by atoms with Gasteiger partial charge in [-0.3, -0.25) is 14.8 Å². The minimum Gasteiger partial charge on any atom is -0.379 e. The number of carbonyl (C=O) groups is 1. The number of aromatic amines is 1. The summed E-state index contributed by atoms with van der Waals surface area (Å²) in [6.45, 7) is 9.59. The summed E-state index contributed by atoms with van der Waals surface area (Å²) in [7, 11) is 0. The fraction of sp³-hybridized carbons (Fsp3) is 0.750. The van der Waals surface area contributed by atoms with Crippen LogP contribution in [0.15, 0.2) is 12.3 Å². The van der Waals surface area contributed by atoms with Crippen molar-refractivity contribution in [2.45, 2.75) is 32.7 Å². The Morgan fingerprint density at radius 3 is 3.00 bits per heavy atom. The molecule has 6 heteroatoms. The van der Waals surface area contributed by atoms with Crippen LogP contribution >= 0.6 is 0 Å². The van der Waals surface area contributed by atoms with Crippen LogP contribution in [0, 0.1) is 5.41 Å². The third kappa shape index (κ3) is 3.17. The van der Waals surface area contributed by atoms with Crippen LogP contribution in [0.2, 0.25) is 0 Å². The highest BCUT2D eigenvalue weighted by molar-refractivity contribution is 5.92. The number of hydrogen-bond acceptors (Lipinski definition) is 4. The molecule has 2 aliphatic rings. The number of aromatic nitrogens is 2. The van der Waals surface area contributed by atoms with Crippen molar-refractivity contribution in [1.29, 1.82) is 0 Å². The first kappa shape index (κ1) is 15.5. The van der Waals surface area contributed by atoms with Gasteiger partial charge in [0.2, 0.25) is 0 Å². The van der Waals surface area contributed by atoms with E-state index in [9.17, 15) is 4.79 Å². The van der Waals surface area contributed by atoms with Crippen LogP contribution in [0.1, 0.15) is 37.2 Å². The maximum absolute atomic E-state index is 12.6. The topological polar surface area (TPSA) is 61.5 Å². The highest BCUT2D eigenvalue weighted by Gasteiger charge is 2.40. The maximum atomic E-state index is 12.6. The lowest BCUT2D eigenvalue weighted by Gasteiger charge is -2.44. The van der Waals surface area contributed by atoms with Crippen LogP contribution in [-0.2, 0) is 4.74 Å². The number of likely N-dealkylation sites (tertiary alicyclic amines) is 1. The first-order valence-electron chi connectivity index (χ1n) is 8.20. The summed E-state index contributed by atoms with van der Waals surface area (Å²) in [4.78, 5) is 17.0. The second kappa shape index (κ2) is 6.38. The summed E-state index contributed by atoms with van der Waals surface area (Å²) in [5.41, 5.74) is 0.640. The quantitative estimate of drug-likeness (QED) is 0.896. The molecular weight excluding hydrogens is 280 g/mol. The van der Waals surface area contributed by atoms with Crippen molar-refractivity contribution in [3.05, 3.63) is 18.0 Å². The number of rotatable bonds is 2. The van der Waals surface area contributed by atoms with Crippen molar-refractivity contribution in [1.82, 2.24) is 20.0 Å². The van der Waals surface area contributed by atoms with Gasteiger partial charge in [-0.1, -0.05) is 0 Å². The van der Waals surface area contributed by atoms with Gasteiger partial charge in [-0.25, -0.2) is 0 Å². The molecule has 22 heavy (non-hydrogen) atoms. The largest absolute Gasteiger partial charge is 0.379 e. The summed E-state index contributed by atoms with van der Waals surface area (Å²) in [5, 5.41) is 6.67. The fourth-order valence-corrected chi connectivity index (χ4v) is 3.64. The molecule has 3 heterocycles. The summed E-state index contributed by atoms with van der Waals surface area (Å²) in [6, 6.07) is 2.26. The highest BCUT2D eigenvalue weighted by Crippen LogP contribution is 2.34. The molecule has 1 aromatic heterocycles. The van der Waals surface area contributed by atoms with Gasteiger partial charge >= 0.3 is 0 Å². The molecule has 0 aliphatic carbocycles. The Hall–Kier alpha value is -1.40. The maximum Gasteiger partial charge on any atom is 0.271 e. The van der Waals surface area contributed by atoms with E-state index in [-0.39, 0.29) is 11.3 Å². The van der Waals surface area contributed by atoms with Crippen LogP contribution in [0.4, 0.5) is 0 Å². The van der Waals surface area contributed by atoms with Gasteiger partial charge in [0.05, 0.1) is 13.2 Å². The summed E-state index contributed by atoms with van der Waals surface area (Å²) in [6.07, 6.45) is 3.79. The van der Waals surface area contributed by atoms with Gasteiger partial charge in [0, 0.05) is 43.8 Å². The standard InChI is InChI=1S/C16H26N4O2/c1-13(2)19-8-9-22-12-16(10-19)5-3-7-20(11-16)15(21)14-4-6-17-18-14/h4,6,13H,3,5,7-12H2,1-2H3,(H,17,18). The molecule has 1 unspecified atom stereocenters. The first-order valence-corrected chi connectivity index (χ1v) is 8.20. The number of amides is 1. The number of nitrogens with one attached hydrogen (secondary N) is 1. The zero-order valence-corrected chi connectivity index (χ0v) is 13.5. The van der Waals surface area contributed by atoms with Crippen molar-refractivity contribution in [2.75, 3.05) is 39.4 Å². The van der Waals surface area contributed by atoms with Gasteiger partial charge in [-0.2, -0.15) is 5.10 Å². The SMILES string of the molecule is CC(C)N1CCOCC2(CCCN(C(=O)c3ccn[nH]3)C2)C1. The van der Waals surface area contributed by atoms with E-state index in [0.29, 0.717) is 11.7 Å². The number of ether oxygens (including phenoxy) is 1. The number of carbonyl (C=O) groups excluding carboxylic acids is 1. The molecule has 3 rings (SSSR count). The monoisotopic (exact) mass is 306 g/mol. The second-order valence-corrected chi connectivity index (χ2v) is 6.92. The fourth-order valence-electron chi connectivity index (χ4n) is 3.64. The van der Waals surface area contributed by atoms with Gasteiger partial charge in [0.15, 0.2) is 0 Å². The van der Waals surface area contributed by atoms with E-state index in [1.54, 1.807) is 12.3 Å². The number of hydrogen-bond donors (Lipinski definition) is 1. The Kier molecular flexibility index (Phi) is 4.49. The molecule has 2 saturated heterocycles. The predicted octanol–water partition coefficient (Wildman–Crippen LogP) is 1.37. The van der Waals surface area contributed by atoms with E-state index in [4.69, 9.17) is 4.74 Å². The van der Waals surface area contributed by atoms with Crippen LogP contribution in [0.5, 0.6) is 0 Å². The molecule has 0 radical (unpaired) electrons. The molecule has 0 bridgehead atoms.